The van der Waals surface area contributed by atoms with E-state index in [1.54, 1.807) is 30.3 Å². The van der Waals surface area contributed by atoms with Gasteiger partial charge in [0.2, 0.25) is 0 Å². The van der Waals surface area contributed by atoms with E-state index in [1.807, 2.05) is 48.5 Å². The number of para-hydroxylation sites is 2. The van der Waals surface area contributed by atoms with Crippen molar-refractivity contribution in [3.05, 3.63) is 112 Å². The van der Waals surface area contributed by atoms with E-state index >= 15 is 0 Å². The third kappa shape index (κ3) is 3.97. The molecule has 0 saturated heterocycles. The monoisotopic (exact) mass is 452 g/mol. The molecular weight excluding hydrogens is 428 g/mol. The zero-order valence-corrected chi connectivity index (χ0v) is 18.5. The smallest absolute Gasteiger partial charge is 0.170 e. The molecule has 0 bridgehead atoms. The minimum atomic E-state index is -0.308. The second-order valence-corrected chi connectivity index (χ2v) is 8.46. The maximum absolute atomic E-state index is 13.4. The first kappa shape index (κ1) is 21.6. The molecule has 5 nitrogen and oxygen atoms in total. The number of carbonyl (C=O) groups excluding carboxylic acids is 1. The molecule has 4 aromatic rings. The van der Waals surface area contributed by atoms with Gasteiger partial charge in [0, 0.05) is 30.4 Å². The molecule has 0 aliphatic carbocycles. The van der Waals surface area contributed by atoms with Gasteiger partial charge in [0.25, 0.3) is 0 Å². The first-order valence-corrected chi connectivity index (χ1v) is 11.2. The molecule has 4 aromatic carbocycles. The maximum Gasteiger partial charge on any atom is 0.170 e. The van der Waals surface area contributed by atoms with Gasteiger partial charge in [0.05, 0.1) is 0 Å². The molecule has 0 radical (unpaired) electrons. The largest absolute Gasteiger partial charge is 0.508 e. The van der Waals surface area contributed by atoms with Gasteiger partial charge in [0.1, 0.15) is 34.3 Å². The summed E-state index contributed by atoms with van der Waals surface area (Å²) in [6.07, 6.45) is 1.12. The van der Waals surface area contributed by atoms with Crippen molar-refractivity contribution < 1.29 is 24.9 Å². The van der Waals surface area contributed by atoms with Gasteiger partial charge in [0.15, 0.2) is 5.78 Å². The quantitative estimate of drug-likeness (QED) is 0.279. The molecule has 0 aromatic heterocycles. The summed E-state index contributed by atoms with van der Waals surface area (Å²) in [7, 11) is 0. The summed E-state index contributed by atoms with van der Waals surface area (Å²) in [5.41, 5.74) is 3.17. The Morgan fingerprint density at radius 1 is 0.824 bits per heavy atom. The van der Waals surface area contributed by atoms with Crippen molar-refractivity contribution in [1.82, 2.24) is 0 Å². The van der Waals surface area contributed by atoms with Crippen molar-refractivity contribution in [1.29, 1.82) is 0 Å². The van der Waals surface area contributed by atoms with Crippen LogP contribution in [0.15, 0.2) is 78.9 Å². The lowest BCUT2D eigenvalue weighted by molar-refractivity contribution is 0.0977. The van der Waals surface area contributed by atoms with Crippen molar-refractivity contribution in [3.8, 4) is 28.7 Å². The lowest BCUT2D eigenvalue weighted by Gasteiger charge is -2.26. The number of phenolic OH excluding ortho intramolecular Hbond substituents is 3. The topological polar surface area (TPSA) is 87.0 Å². The van der Waals surface area contributed by atoms with Gasteiger partial charge >= 0.3 is 0 Å². The predicted octanol–water partition coefficient (Wildman–Crippen LogP) is 5.91. The van der Waals surface area contributed by atoms with E-state index in [0.717, 1.165) is 11.1 Å². The number of benzene rings is 4. The molecule has 0 atom stereocenters. The minimum Gasteiger partial charge on any atom is -0.508 e. The first-order valence-electron chi connectivity index (χ1n) is 11.2. The van der Waals surface area contributed by atoms with E-state index in [-0.39, 0.29) is 52.7 Å². The number of aromatic hydroxyl groups is 3. The Kier molecular flexibility index (Phi) is 5.68. The standard InChI is InChI=1S/C29H24O5/c30-23-12-6-4-10-19(23)16-21-27(32)22-17-20-11-5-7-13-25(20)34-29(22)26(28(21)33)24(31)15-14-18-8-2-1-3-9-18/h1-13,30,32-33H,14-17H2. The van der Waals surface area contributed by atoms with E-state index in [1.165, 1.54) is 0 Å². The van der Waals surface area contributed by atoms with Crippen LogP contribution in [-0.4, -0.2) is 21.1 Å². The Balaban J connectivity index is 1.60. The van der Waals surface area contributed by atoms with Crippen molar-refractivity contribution in [3.63, 3.8) is 0 Å². The molecule has 34 heavy (non-hydrogen) atoms. The van der Waals surface area contributed by atoms with Gasteiger partial charge < -0.3 is 20.1 Å². The molecule has 5 heteroatoms. The first-order chi connectivity index (χ1) is 16.5. The van der Waals surface area contributed by atoms with Crippen LogP contribution in [0.4, 0.5) is 0 Å². The van der Waals surface area contributed by atoms with Crippen LogP contribution >= 0.6 is 0 Å². The number of hydrogen-bond acceptors (Lipinski definition) is 5. The number of fused-ring (bicyclic) bond motifs is 2. The molecule has 0 fully saturated rings. The minimum absolute atomic E-state index is 0.0533. The Labute approximate surface area is 197 Å². The Bertz CT molecular complexity index is 1380. The van der Waals surface area contributed by atoms with Crippen LogP contribution < -0.4 is 4.74 Å². The second-order valence-electron chi connectivity index (χ2n) is 8.46. The van der Waals surface area contributed by atoms with Gasteiger partial charge in [-0.1, -0.05) is 66.7 Å². The van der Waals surface area contributed by atoms with Gasteiger partial charge in [-0.2, -0.15) is 0 Å². The number of hydrogen-bond donors (Lipinski definition) is 3. The maximum atomic E-state index is 13.4. The summed E-state index contributed by atoms with van der Waals surface area (Å²) in [6.45, 7) is 0. The number of ketones is 1. The normalized spacial score (nSPS) is 11.9. The average Bonchev–Trinajstić information content (AvgIpc) is 2.86. The molecule has 0 saturated carbocycles. The van der Waals surface area contributed by atoms with Crippen molar-refractivity contribution in [2.75, 3.05) is 0 Å². The lowest BCUT2D eigenvalue weighted by atomic mass is 9.88. The SMILES string of the molecule is O=C(CCc1ccccc1)c1c(O)c(Cc2ccccc2O)c(O)c2c1Oc1ccccc1C2. The number of rotatable bonds is 6. The summed E-state index contributed by atoms with van der Waals surface area (Å²) in [5.74, 6) is 0.155. The fourth-order valence-corrected chi connectivity index (χ4v) is 4.44. The molecule has 3 N–H and O–H groups in total. The van der Waals surface area contributed by atoms with Gasteiger partial charge in [-0.3, -0.25) is 4.79 Å². The highest BCUT2D eigenvalue weighted by atomic mass is 16.5. The second kappa shape index (κ2) is 8.94. The zero-order valence-electron chi connectivity index (χ0n) is 18.5. The molecular formula is C29H24O5. The molecule has 0 amide bonds. The van der Waals surface area contributed by atoms with E-state index in [9.17, 15) is 20.1 Å². The molecule has 0 spiro atoms. The molecule has 1 aliphatic rings. The highest BCUT2D eigenvalue weighted by molar-refractivity contribution is 6.03. The van der Waals surface area contributed by atoms with E-state index in [0.29, 0.717) is 29.7 Å². The van der Waals surface area contributed by atoms with Crippen molar-refractivity contribution in [2.24, 2.45) is 0 Å². The predicted molar refractivity (Wildman–Crippen MR) is 129 cm³/mol. The Morgan fingerprint density at radius 3 is 2.32 bits per heavy atom. The molecule has 170 valence electrons. The van der Waals surface area contributed by atoms with Crippen LogP contribution in [0.3, 0.4) is 0 Å². The van der Waals surface area contributed by atoms with Gasteiger partial charge in [-0.15, -0.1) is 0 Å². The van der Waals surface area contributed by atoms with Crippen molar-refractivity contribution >= 4 is 5.78 Å². The summed E-state index contributed by atoms with van der Waals surface area (Å²) >= 11 is 0. The van der Waals surface area contributed by atoms with Crippen LogP contribution in [-0.2, 0) is 19.3 Å². The Morgan fingerprint density at radius 2 is 1.53 bits per heavy atom. The summed E-state index contributed by atoms with van der Waals surface area (Å²) < 4.78 is 6.08. The molecule has 5 rings (SSSR count). The van der Waals surface area contributed by atoms with E-state index < -0.39 is 0 Å². The van der Waals surface area contributed by atoms with Crippen LogP contribution in [0, 0.1) is 0 Å². The number of phenols is 3. The van der Waals surface area contributed by atoms with Crippen LogP contribution in [0.25, 0.3) is 0 Å². The number of aryl methyl sites for hydroxylation is 1. The summed E-state index contributed by atoms with van der Waals surface area (Å²) in [4.78, 5) is 13.4. The highest BCUT2D eigenvalue weighted by Crippen LogP contribution is 2.50. The average molecular weight is 453 g/mol. The molecule has 0 unspecified atom stereocenters. The fourth-order valence-electron chi connectivity index (χ4n) is 4.44. The third-order valence-corrected chi connectivity index (χ3v) is 6.27. The third-order valence-electron chi connectivity index (χ3n) is 6.27. The number of carbonyl (C=O) groups is 1. The van der Waals surface area contributed by atoms with E-state index in [4.69, 9.17) is 4.74 Å². The number of Topliss-reactive ketones (excluding diaryl/α,β-unsaturated/α-hetero) is 1. The van der Waals surface area contributed by atoms with Crippen LogP contribution in [0.2, 0.25) is 0 Å². The van der Waals surface area contributed by atoms with Gasteiger partial charge in [-0.05, 0) is 35.2 Å². The fraction of sp³-hybridized carbons (Fsp3) is 0.138. The summed E-state index contributed by atoms with van der Waals surface area (Å²) in [6, 6.07) is 23.9. The summed E-state index contributed by atoms with van der Waals surface area (Å²) in [5, 5.41) is 32.7. The highest BCUT2D eigenvalue weighted by Gasteiger charge is 2.32. The van der Waals surface area contributed by atoms with Gasteiger partial charge in [-0.25, -0.2) is 0 Å². The Hall–Kier alpha value is -4.25. The van der Waals surface area contributed by atoms with Crippen LogP contribution in [0.5, 0.6) is 28.7 Å². The molecule has 1 aliphatic heterocycles. The number of ether oxygens (including phenoxy) is 1. The van der Waals surface area contributed by atoms with E-state index in [2.05, 4.69) is 0 Å². The van der Waals surface area contributed by atoms with Crippen molar-refractivity contribution in [2.45, 2.75) is 25.7 Å². The van der Waals surface area contributed by atoms with Crippen LogP contribution in [0.1, 0.15) is 44.6 Å². The lowest BCUT2D eigenvalue weighted by Crippen LogP contribution is -2.12. The zero-order chi connectivity index (χ0) is 23.7. The molecule has 1 heterocycles.